The normalized spacial score (nSPS) is 22.3. The Labute approximate surface area is 97.2 Å². The SMILES string of the molecule is N#Cc1cnc2c(c1)C(Br)(Br)C(O)N2. The number of aliphatic hydroxyl groups is 1. The molecule has 6 heteroatoms. The van der Waals surface area contributed by atoms with Crippen molar-refractivity contribution in [3.63, 3.8) is 0 Å². The van der Waals surface area contributed by atoms with E-state index in [9.17, 15) is 5.11 Å². The zero-order valence-corrected chi connectivity index (χ0v) is 10.0. The van der Waals surface area contributed by atoms with Gasteiger partial charge < -0.3 is 10.4 Å². The molecule has 2 N–H and O–H groups in total. The molecule has 4 nitrogen and oxygen atoms in total. The average molecular weight is 319 g/mol. The molecule has 0 aliphatic carbocycles. The summed E-state index contributed by atoms with van der Waals surface area (Å²) in [6.45, 7) is 0. The predicted molar refractivity (Wildman–Crippen MR) is 58.1 cm³/mol. The fourth-order valence-corrected chi connectivity index (χ4v) is 2.10. The van der Waals surface area contributed by atoms with E-state index < -0.39 is 9.46 Å². The number of pyridine rings is 1. The monoisotopic (exact) mass is 317 g/mol. The maximum absolute atomic E-state index is 9.61. The van der Waals surface area contributed by atoms with E-state index in [1.165, 1.54) is 6.20 Å². The van der Waals surface area contributed by atoms with E-state index in [1.54, 1.807) is 6.07 Å². The van der Waals surface area contributed by atoms with Crippen LogP contribution in [0, 0.1) is 11.3 Å². The molecule has 14 heavy (non-hydrogen) atoms. The van der Waals surface area contributed by atoms with Gasteiger partial charge in [-0.1, -0.05) is 31.9 Å². The summed E-state index contributed by atoms with van der Waals surface area (Å²) in [6.07, 6.45) is 0.652. The van der Waals surface area contributed by atoms with E-state index in [4.69, 9.17) is 5.26 Å². The highest BCUT2D eigenvalue weighted by atomic mass is 79.9. The molecule has 0 saturated heterocycles. The maximum atomic E-state index is 9.61. The van der Waals surface area contributed by atoms with Gasteiger partial charge in [-0.15, -0.1) is 0 Å². The van der Waals surface area contributed by atoms with Crippen molar-refractivity contribution < 1.29 is 5.11 Å². The zero-order valence-electron chi connectivity index (χ0n) is 6.83. The summed E-state index contributed by atoms with van der Waals surface area (Å²) in [7, 11) is 0. The topological polar surface area (TPSA) is 68.9 Å². The molecule has 2 rings (SSSR count). The second-order valence-corrected chi connectivity index (χ2v) is 6.47. The molecule has 1 aromatic heterocycles. The Morgan fingerprint density at radius 2 is 2.36 bits per heavy atom. The van der Waals surface area contributed by atoms with E-state index in [0.29, 0.717) is 11.4 Å². The van der Waals surface area contributed by atoms with Crippen molar-refractivity contribution in [2.75, 3.05) is 5.32 Å². The number of rotatable bonds is 0. The number of aromatic nitrogens is 1. The van der Waals surface area contributed by atoms with Crippen LogP contribution >= 0.6 is 31.9 Å². The van der Waals surface area contributed by atoms with E-state index in [0.717, 1.165) is 5.56 Å². The highest BCUT2D eigenvalue weighted by Crippen LogP contribution is 2.48. The van der Waals surface area contributed by atoms with Gasteiger partial charge in [0.15, 0.2) is 9.46 Å². The van der Waals surface area contributed by atoms with Crippen molar-refractivity contribution in [3.05, 3.63) is 23.4 Å². The minimum absolute atomic E-state index is 0.461. The minimum Gasteiger partial charge on any atom is -0.371 e. The standard InChI is InChI=1S/C8H5Br2N3O/c9-8(10)5-1-4(2-11)3-12-6(5)13-7(8)14/h1,3,7,14H,(H,12,13). The lowest BCUT2D eigenvalue weighted by molar-refractivity contribution is 0.202. The molecule has 1 aliphatic heterocycles. The molecule has 0 aromatic carbocycles. The van der Waals surface area contributed by atoms with Gasteiger partial charge in [-0.25, -0.2) is 4.98 Å². The molecule has 0 saturated carbocycles. The van der Waals surface area contributed by atoms with Gasteiger partial charge in [-0.2, -0.15) is 5.26 Å². The van der Waals surface area contributed by atoms with E-state index in [-0.39, 0.29) is 0 Å². The Balaban J connectivity index is 2.58. The lowest BCUT2D eigenvalue weighted by atomic mass is 10.2. The quantitative estimate of drug-likeness (QED) is 0.714. The Kier molecular flexibility index (Phi) is 2.26. The first-order valence-corrected chi connectivity index (χ1v) is 5.37. The van der Waals surface area contributed by atoms with Crippen molar-refractivity contribution in [1.82, 2.24) is 4.98 Å². The lowest BCUT2D eigenvalue weighted by Gasteiger charge is -2.17. The van der Waals surface area contributed by atoms with Crippen LogP contribution in [0.1, 0.15) is 11.1 Å². The van der Waals surface area contributed by atoms with Gasteiger partial charge in [-0.05, 0) is 6.07 Å². The first-order valence-electron chi connectivity index (χ1n) is 3.78. The van der Waals surface area contributed by atoms with Crippen molar-refractivity contribution >= 4 is 37.7 Å². The van der Waals surface area contributed by atoms with Gasteiger partial charge in [0.2, 0.25) is 0 Å². The highest BCUT2D eigenvalue weighted by molar-refractivity contribution is 9.24. The second-order valence-electron chi connectivity index (χ2n) is 2.90. The van der Waals surface area contributed by atoms with E-state index in [2.05, 4.69) is 42.2 Å². The first-order chi connectivity index (χ1) is 6.55. The molecular formula is C8H5Br2N3O. The molecule has 1 aromatic rings. The first kappa shape index (κ1) is 9.90. The summed E-state index contributed by atoms with van der Waals surface area (Å²) >= 11 is 6.65. The summed E-state index contributed by atoms with van der Waals surface area (Å²) in [5.41, 5.74) is 1.19. The van der Waals surface area contributed by atoms with Gasteiger partial charge >= 0.3 is 0 Å². The van der Waals surface area contributed by atoms with Crippen LogP contribution in [0.5, 0.6) is 0 Å². The van der Waals surface area contributed by atoms with E-state index in [1.807, 2.05) is 6.07 Å². The molecule has 2 heterocycles. The number of anilines is 1. The minimum atomic E-state index is -0.807. The summed E-state index contributed by atoms with van der Waals surface area (Å²) in [5.74, 6) is 0.574. The van der Waals surface area contributed by atoms with Crippen LogP contribution in [0.3, 0.4) is 0 Å². The number of nitrogens with one attached hydrogen (secondary N) is 1. The molecule has 1 unspecified atom stereocenters. The van der Waals surface area contributed by atoms with Crippen molar-refractivity contribution in [2.24, 2.45) is 0 Å². The molecule has 0 spiro atoms. The number of nitriles is 1. The number of hydrogen-bond donors (Lipinski definition) is 2. The number of halogens is 2. The summed E-state index contributed by atoms with van der Waals surface area (Å²) in [5, 5.41) is 21.1. The summed E-state index contributed by atoms with van der Waals surface area (Å²) in [6, 6.07) is 3.67. The highest BCUT2D eigenvalue weighted by Gasteiger charge is 2.43. The van der Waals surface area contributed by atoms with Gasteiger partial charge in [-0.3, -0.25) is 0 Å². The fraction of sp³-hybridized carbons (Fsp3) is 0.250. The summed E-state index contributed by atoms with van der Waals surface area (Å²) < 4.78 is -0.769. The van der Waals surface area contributed by atoms with Gasteiger partial charge in [0, 0.05) is 11.8 Å². The third-order valence-electron chi connectivity index (χ3n) is 1.99. The number of hydrogen-bond acceptors (Lipinski definition) is 4. The van der Waals surface area contributed by atoms with Crippen molar-refractivity contribution in [1.29, 1.82) is 5.26 Å². The molecule has 0 radical (unpaired) electrons. The van der Waals surface area contributed by atoms with Gasteiger partial charge in [0.1, 0.15) is 11.9 Å². The maximum Gasteiger partial charge on any atom is 0.155 e. The molecule has 1 aliphatic rings. The smallest absolute Gasteiger partial charge is 0.155 e. The third-order valence-corrected chi connectivity index (χ3v) is 3.71. The van der Waals surface area contributed by atoms with Crippen LogP contribution in [0.2, 0.25) is 0 Å². The Morgan fingerprint density at radius 3 is 3.00 bits per heavy atom. The van der Waals surface area contributed by atoms with Crippen LogP contribution in [-0.2, 0) is 3.23 Å². The van der Waals surface area contributed by atoms with Crippen LogP contribution in [0.4, 0.5) is 5.82 Å². The number of fused-ring (bicyclic) bond motifs is 1. The van der Waals surface area contributed by atoms with Crippen molar-refractivity contribution in [2.45, 2.75) is 9.46 Å². The van der Waals surface area contributed by atoms with E-state index >= 15 is 0 Å². The predicted octanol–water partition coefficient (Wildman–Crippen LogP) is 1.64. The molecule has 1 atom stereocenters. The molecule has 0 amide bonds. The van der Waals surface area contributed by atoms with Crippen LogP contribution in [0.25, 0.3) is 0 Å². The number of nitrogens with zero attached hydrogens (tertiary/aromatic N) is 2. The van der Waals surface area contributed by atoms with Gasteiger partial charge in [0.05, 0.1) is 5.56 Å². The third kappa shape index (κ3) is 1.32. The Bertz CT molecular complexity index is 427. The molecule has 0 bridgehead atoms. The zero-order chi connectivity index (χ0) is 10.3. The van der Waals surface area contributed by atoms with Crippen LogP contribution in [-0.4, -0.2) is 16.3 Å². The largest absolute Gasteiger partial charge is 0.371 e. The number of aliphatic hydroxyl groups excluding tert-OH is 1. The van der Waals surface area contributed by atoms with Crippen LogP contribution in [0.15, 0.2) is 12.3 Å². The second kappa shape index (κ2) is 3.19. The lowest BCUT2D eigenvalue weighted by Crippen LogP contribution is -2.27. The van der Waals surface area contributed by atoms with Gasteiger partial charge in [0.25, 0.3) is 0 Å². The average Bonchev–Trinajstić information content (AvgIpc) is 2.38. The number of alkyl halides is 2. The Hall–Kier alpha value is -0.640. The molecule has 72 valence electrons. The van der Waals surface area contributed by atoms with Crippen LogP contribution < -0.4 is 5.32 Å². The van der Waals surface area contributed by atoms with Crippen molar-refractivity contribution in [3.8, 4) is 6.07 Å². The molecular weight excluding hydrogens is 314 g/mol. The fourth-order valence-electron chi connectivity index (χ4n) is 1.26. The molecule has 0 fully saturated rings. The Morgan fingerprint density at radius 1 is 1.64 bits per heavy atom. The summed E-state index contributed by atoms with van der Waals surface area (Å²) in [4.78, 5) is 4.02.